The number of aliphatic hydroxyl groups is 2. The highest BCUT2D eigenvalue weighted by Gasteiger charge is 2.18. The molecule has 1 amide bonds. The summed E-state index contributed by atoms with van der Waals surface area (Å²) in [5.41, 5.74) is 0. The number of aliphatic hydroxyl groups excluding tert-OH is 2. The summed E-state index contributed by atoms with van der Waals surface area (Å²) in [6.07, 6.45) is 108. The first-order valence-corrected chi connectivity index (χ1v) is 41.9. The van der Waals surface area contributed by atoms with E-state index in [0.717, 1.165) is 51.4 Å². The zero-order valence-electron chi connectivity index (χ0n) is 62.3. The Kier molecular flexibility index (Phi) is 79.3. The fraction of sp³-hybridized carbons (Fsp3) is 0.884. The van der Waals surface area contributed by atoms with Gasteiger partial charge in [0.25, 0.3) is 0 Å². The van der Waals surface area contributed by atoms with Gasteiger partial charge in [-0.25, -0.2) is 0 Å². The van der Waals surface area contributed by atoms with E-state index in [1.54, 1.807) is 6.08 Å². The van der Waals surface area contributed by atoms with E-state index in [4.69, 9.17) is 4.74 Å². The standard InChI is InChI=1S/C86H163NO5/c1-3-5-7-9-11-13-15-17-19-21-22-23-41-44-47-50-54-58-62-66-70-74-78-84(89)83(82-88)87-85(90)79-75-71-67-63-59-55-51-48-45-42-39-37-35-33-31-29-27-25-24-26-28-30-32-34-36-38-40-43-46-49-53-57-61-65-69-73-77-81-92-86(91)80-76-72-68-64-60-56-52-20-18-16-14-12-10-8-6-4-2/h14,16,20,24,26,52,74,78,83-84,88-89H,3-13,15,17-19,21-23,25,27-51,53-73,75-77,79-82H2,1-2H3,(H,87,90)/b16-14-,26-24-,52-20-,78-74+. The lowest BCUT2D eigenvalue weighted by Crippen LogP contribution is -2.45. The highest BCUT2D eigenvalue weighted by Crippen LogP contribution is 2.20. The molecule has 6 nitrogen and oxygen atoms in total. The van der Waals surface area contributed by atoms with Crippen LogP contribution in [0.1, 0.15) is 463 Å². The van der Waals surface area contributed by atoms with Gasteiger partial charge in [-0.05, 0) is 89.9 Å². The van der Waals surface area contributed by atoms with Crippen LogP contribution in [0.25, 0.3) is 0 Å². The Morgan fingerprint density at radius 3 is 0.848 bits per heavy atom. The summed E-state index contributed by atoms with van der Waals surface area (Å²) < 4.78 is 5.50. The second-order valence-corrected chi connectivity index (χ2v) is 28.8. The van der Waals surface area contributed by atoms with Crippen molar-refractivity contribution in [2.24, 2.45) is 0 Å². The SMILES string of the molecule is CCCCCC/C=C\C/C=C\CCCCCCCC(=O)OCCCCCCCCCCCCCCCCCC/C=C\CCCCCCCCCCCCCCCCCCCC(=O)NC(CO)C(O)/C=C/CCCCCCCCCCCCCCCCCCCCCC. The number of carbonyl (C=O) groups excluding carboxylic acids is 2. The summed E-state index contributed by atoms with van der Waals surface area (Å²) in [4.78, 5) is 24.6. The molecule has 0 aromatic heterocycles. The fourth-order valence-corrected chi connectivity index (χ4v) is 13.2. The van der Waals surface area contributed by atoms with Crippen molar-refractivity contribution in [3.05, 3.63) is 48.6 Å². The van der Waals surface area contributed by atoms with Crippen LogP contribution in [0.3, 0.4) is 0 Å². The predicted octanol–water partition coefficient (Wildman–Crippen LogP) is 27.9. The summed E-state index contributed by atoms with van der Waals surface area (Å²) in [5.74, 6) is -0.0511. The van der Waals surface area contributed by atoms with Crippen LogP contribution < -0.4 is 5.32 Å². The summed E-state index contributed by atoms with van der Waals surface area (Å²) in [5, 5.41) is 23.3. The van der Waals surface area contributed by atoms with Gasteiger partial charge in [-0.2, -0.15) is 0 Å². The molecule has 92 heavy (non-hydrogen) atoms. The number of hydrogen-bond acceptors (Lipinski definition) is 5. The number of unbranched alkanes of at least 4 members (excludes halogenated alkanes) is 62. The van der Waals surface area contributed by atoms with Crippen molar-refractivity contribution in [1.29, 1.82) is 0 Å². The van der Waals surface area contributed by atoms with E-state index in [1.165, 1.54) is 385 Å². The quantitative estimate of drug-likeness (QED) is 0.0320. The van der Waals surface area contributed by atoms with Crippen LogP contribution in [-0.4, -0.2) is 47.4 Å². The first-order chi connectivity index (χ1) is 45.5. The maximum absolute atomic E-state index is 12.6. The summed E-state index contributed by atoms with van der Waals surface area (Å²) in [6.45, 7) is 4.93. The van der Waals surface area contributed by atoms with Crippen LogP contribution in [0, 0.1) is 0 Å². The lowest BCUT2D eigenvalue weighted by Gasteiger charge is -2.20. The van der Waals surface area contributed by atoms with Crippen LogP contribution in [0.5, 0.6) is 0 Å². The van der Waals surface area contributed by atoms with Crippen molar-refractivity contribution in [2.45, 2.75) is 475 Å². The molecule has 0 radical (unpaired) electrons. The fourth-order valence-electron chi connectivity index (χ4n) is 13.2. The molecule has 0 aromatic carbocycles. The molecule has 0 spiro atoms. The smallest absolute Gasteiger partial charge is 0.305 e. The Labute approximate surface area is 576 Å². The van der Waals surface area contributed by atoms with E-state index in [-0.39, 0.29) is 18.5 Å². The molecule has 0 saturated carbocycles. The predicted molar refractivity (Wildman–Crippen MR) is 407 cm³/mol. The second-order valence-electron chi connectivity index (χ2n) is 28.8. The molecule has 542 valence electrons. The van der Waals surface area contributed by atoms with Crippen LogP contribution in [0.2, 0.25) is 0 Å². The molecule has 3 N–H and O–H groups in total. The minimum Gasteiger partial charge on any atom is -0.466 e. The summed E-state index contributed by atoms with van der Waals surface area (Å²) in [7, 11) is 0. The van der Waals surface area contributed by atoms with Crippen LogP contribution in [0.4, 0.5) is 0 Å². The van der Waals surface area contributed by atoms with Crippen molar-refractivity contribution in [3.63, 3.8) is 0 Å². The van der Waals surface area contributed by atoms with Gasteiger partial charge >= 0.3 is 5.97 Å². The number of allylic oxidation sites excluding steroid dienone is 7. The van der Waals surface area contributed by atoms with Gasteiger partial charge in [-0.15, -0.1) is 0 Å². The number of esters is 1. The van der Waals surface area contributed by atoms with Gasteiger partial charge in [-0.1, -0.05) is 409 Å². The Bertz CT molecular complexity index is 1540. The molecule has 0 heterocycles. The lowest BCUT2D eigenvalue weighted by molar-refractivity contribution is -0.143. The summed E-state index contributed by atoms with van der Waals surface area (Å²) >= 11 is 0. The zero-order valence-corrected chi connectivity index (χ0v) is 62.3. The Balaban J connectivity index is 3.36. The van der Waals surface area contributed by atoms with Gasteiger partial charge in [0.2, 0.25) is 5.91 Å². The highest BCUT2D eigenvalue weighted by molar-refractivity contribution is 5.76. The van der Waals surface area contributed by atoms with E-state index in [9.17, 15) is 19.8 Å². The number of amides is 1. The first-order valence-electron chi connectivity index (χ1n) is 41.9. The minimum absolute atomic E-state index is 0.00828. The molecule has 0 aliphatic heterocycles. The van der Waals surface area contributed by atoms with Crippen molar-refractivity contribution < 1.29 is 24.5 Å². The van der Waals surface area contributed by atoms with Gasteiger partial charge in [0, 0.05) is 12.8 Å². The molecule has 0 fully saturated rings. The average Bonchev–Trinajstić information content (AvgIpc) is 3.61. The Hall–Kier alpha value is -2.18. The molecule has 0 aliphatic rings. The van der Waals surface area contributed by atoms with Crippen molar-refractivity contribution in [1.82, 2.24) is 5.32 Å². The number of ether oxygens (including phenoxy) is 1. The third kappa shape index (κ3) is 76.8. The highest BCUT2D eigenvalue weighted by atomic mass is 16.5. The van der Waals surface area contributed by atoms with Gasteiger partial charge in [-0.3, -0.25) is 9.59 Å². The molecule has 0 saturated heterocycles. The van der Waals surface area contributed by atoms with Crippen molar-refractivity contribution >= 4 is 11.9 Å². The zero-order chi connectivity index (χ0) is 66.3. The van der Waals surface area contributed by atoms with Gasteiger partial charge in [0.15, 0.2) is 0 Å². The monoisotopic (exact) mass is 1290 g/mol. The Morgan fingerprint density at radius 2 is 0.543 bits per heavy atom. The van der Waals surface area contributed by atoms with E-state index in [0.29, 0.717) is 19.4 Å². The molecular formula is C86H163NO5. The molecule has 0 aliphatic carbocycles. The van der Waals surface area contributed by atoms with E-state index in [2.05, 4.69) is 55.6 Å². The van der Waals surface area contributed by atoms with Crippen LogP contribution >= 0.6 is 0 Å². The lowest BCUT2D eigenvalue weighted by atomic mass is 10.0. The first kappa shape index (κ1) is 89.8. The third-order valence-corrected chi connectivity index (χ3v) is 19.6. The maximum atomic E-state index is 12.6. The van der Waals surface area contributed by atoms with E-state index < -0.39 is 12.1 Å². The van der Waals surface area contributed by atoms with E-state index >= 15 is 0 Å². The largest absolute Gasteiger partial charge is 0.466 e. The molecule has 0 aromatic rings. The van der Waals surface area contributed by atoms with Gasteiger partial charge in [0.05, 0.1) is 25.4 Å². The molecule has 2 atom stereocenters. The van der Waals surface area contributed by atoms with Crippen LogP contribution in [0.15, 0.2) is 48.6 Å². The second kappa shape index (κ2) is 81.2. The number of hydrogen-bond donors (Lipinski definition) is 3. The molecule has 6 heteroatoms. The third-order valence-electron chi connectivity index (χ3n) is 19.6. The summed E-state index contributed by atoms with van der Waals surface area (Å²) in [6, 6.07) is -0.627. The number of carbonyl (C=O) groups is 2. The molecule has 2 unspecified atom stereocenters. The van der Waals surface area contributed by atoms with Crippen molar-refractivity contribution in [2.75, 3.05) is 13.2 Å². The topological polar surface area (TPSA) is 95.9 Å². The van der Waals surface area contributed by atoms with Crippen LogP contribution in [-0.2, 0) is 14.3 Å². The van der Waals surface area contributed by atoms with Gasteiger partial charge in [0.1, 0.15) is 0 Å². The number of nitrogens with one attached hydrogen (secondary N) is 1. The average molecular weight is 1290 g/mol. The normalized spacial score (nSPS) is 12.7. The molecule has 0 rings (SSSR count). The Morgan fingerprint density at radius 1 is 0.304 bits per heavy atom. The maximum Gasteiger partial charge on any atom is 0.305 e. The molecule has 0 bridgehead atoms. The van der Waals surface area contributed by atoms with Crippen molar-refractivity contribution in [3.8, 4) is 0 Å². The number of rotatable bonds is 79. The van der Waals surface area contributed by atoms with E-state index in [1.807, 2.05) is 6.08 Å². The van der Waals surface area contributed by atoms with Gasteiger partial charge < -0.3 is 20.3 Å². The minimum atomic E-state index is -0.843. The molecular weight excluding hydrogens is 1130 g/mol.